The average molecular weight is 214 g/mol. The highest BCUT2D eigenvalue weighted by molar-refractivity contribution is 4.94. The van der Waals surface area contributed by atoms with E-state index in [0.29, 0.717) is 12.0 Å². The molecule has 0 aliphatic carbocycles. The molecule has 0 aromatic carbocycles. The van der Waals surface area contributed by atoms with Gasteiger partial charge in [-0.05, 0) is 26.8 Å². The Balaban J connectivity index is 2.76. The monoisotopic (exact) mass is 214 g/mol. The molecule has 1 rings (SSSR count). The summed E-state index contributed by atoms with van der Waals surface area (Å²) in [6, 6.07) is 0.293. The predicted molar refractivity (Wildman–Crippen MR) is 64.0 cm³/mol. The Hall–Kier alpha value is -0.120. The Morgan fingerprint density at radius 2 is 2.00 bits per heavy atom. The normalized spacial score (nSPS) is 28.6. The molecule has 1 atom stereocenters. The molecule has 0 bridgehead atoms. The number of aliphatic hydroxyl groups excluding tert-OH is 1. The maximum atomic E-state index is 9.46. The summed E-state index contributed by atoms with van der Waals surface area (Å²) < 4.78 is 0. The molecule has 1 fully saturated rings. The van der Waals surface area contributed by atoms with E-state index in [1.54, 1.807) is 0 Å². The summed E-state index contributed by atoms with van der Waals surface area (Å²) >= 11 is 0. The van der Waals surface area contributed by atoms with Gasteiger partial charge in [0.15, 0.2) is 0 Å². The van der Waals surface area contributed by atoms with Crippen LogP contribution in [0.2, 0.25) is 0 Å². The van der Waals surface area contributed by atoms with Crippen LogP contribution in [0.4, 0.5) is 0 Å². The van der Waals surface area contributed by atoms with Crippen molar-refractivity contribution in [2.24, 2.45) is 5.92 Å². The van der Waals surface area contributed by atoms with E-state index in [9.17, 15) is 5.11 Å². The average Bonchev–Trinajstić information content (AvgIpc) is 2.07. The lowest BCUT2D eigenvalue weighted by atomic mass is 9.94. The Morgan fingerprint density at radius 3 is 2.47 bits per heavy atom. The van der Waals surface area contributed by atoms with Gasteiger partial charge in [0.05, 0.1) is 6.61 Å². The molecule has 15 heavy (non-hydrogen) atoms. The quantitative estimate of drug-likeness (QED) is 0.760. The van der Waals surface area contributed by atoms with Gasteiger partial charge in [-0.2, -0.15) is 0 Å². The minimum atomic E-state index is 0.171. The first-order valence-electron chi connectivity index (χ1n) is 5.93. The van der Waals surface area contributed by atoms with E-state index in [1.807, 2.05) is 0 Å². The van der Waals surface area contributed by atoms with E-state index in [0.717, 1.165) is 19.6 Å². The third kappa shape index (κ3) is 3.16. The minimum Gasteiger partial charge on any atom is -0.395 e. The van der Waals surface area contributed by atoms with Crippen molar-refractivity contribution in [2.45, 2.75) is 39.3 Å². The molecule has 1 saturated heterocycles. The summed E-state index contributed by atoms with van der Waals surface area (Å²) in [4.78, 5) is 4.79. The smallest absolute Gasteiger partial charge is 0.0599 e. The molecule has 0 amide bonds. The zero-order valence-electron chi connectivity index (χ0n) is 10.8. The summed E-state index contributed by atoms with van der Waals surface area (Å²) in [6.07, 6.45) is 0. The Bertz CT molecular complexity index is 204. The third-order valence-electron chi connectivity index (χ3n) is 3.17. The maximum Gasteiger partial charge on any atom is 0.0599 e. The van der Waals surface area contributed by atoms with Gasteiger partial charge >= 0.3 is 0 Å². The first-order valence-corrected chi connectivity index (χ1v) is 5.93. The molecular weight excluding hydrogens is 188 g/mol. The summed E-state index contributed by atoms with van der Waals surface area (Å²) in [7, 11) is 2.14. The van der Waals surface area contributed by atoms with Crippen LogP contribution in [0.1, 0.15) is 27.7 Å². The lowest BCUT2D eigenvalue weighted by molar-refractivity contribution is -0.0422. The van der Waals surface area contributed by atoms with E-state index < -0.39 is 0 Å². The van der Waals surface area contributed by atoms with E-state index in [-0.39, 0.29) is 12.1 Å². The summed E-state index contributed by atoms with van der Waals surface area (Å²) in [5.41, 5.74) is 0.171. The first kappa shape index (κ1) is 12.9. The molecule has 0 aromatic rings. The van der Waals surface area contributed by atoms with Crippen LogP contribution in [0.25, 0.3) is 0 Å². The summed E-state index contributed by atoms with van der Waals surface area (Å²) in [6.45, 7) is 12.4. The highest BCUT2D eigenvalue weighted by atomic mass is 16.3. The predicted octanol–water partition coefficient (Wildman–Crippen LogP) is 1.03. The van der Waals surface area contributed by atoms with Crippen LogP contribution in [0.3, 0.4) is 0 Å². The fraction of sp³-hybridized carbons (Fsp3) is 1.00. The van der Waals surface area contributed by atoms with Crippen LogP contribution in [0, 0.1) is 5.92 Å². The third-order valence-corrected chi connectivity index (χ3v) is 3.17. The fourth-order valence-electron chi connectivity index (χ4n) is 2.71. The van der Waals surface area contributed by atoms with Crippen LogP contribution in [0.5, 0.6) is 0 Å². The topological polar surface area (TPSA) is 26.7 Å². The molecule has 1 aliphatic rings. The molecule has 0 spiro atoms. The van der Waals surface area contributed by atoms with Crippen LogP contribution in [-0.2, 0) is 0 Å². The first-order chi connectivity index (χ1) is 6.86. The SMILES string of the molecule is CC(C)CN1C(CO)CN(C)CC1(C)C. The lowest BCUT2D eigenvalue weighted by Crippen LogP contribution is -2.64. The van der Waals surface area contributed by atoms with Crippen molar-refractivity contribution in [1.82, 2.24) is 9.80 Å². The number of hydrogen-bond donors (Lipinski definition) is 1. The second-order valence-electron chi connectivity index (χ2n) is 5.89. The minimum absolute atomic E-state index is 0.171. The number of hydrogen-bond acceptors (Lipinski definition) is 3. The highest BCUT2D eigenvalue weighted by Gasteiger charge is 2.38. The van der Waals surface area contributed by atoms with Gasteiger partial charge in [-0.1, -0.05) is 13.8 Å². The molecule has 1 heterocycles. The van der Waals surface area contributed by atoms with Gasteiger partial charge < -0.3 is 10.0 Å². The zero-order chi connectivity index (χ0) is 11.6. The number of likely N-dealkylation sites (N-methyl/N-ethyl adjacent to an activating group) is 1. The number of aliphatic hydroxyl groups is 1. The summed E-state index contributed by atoms with van der Waals surface area (Å²) in [5.74, 6) is 0.654. The van der Waals surface area contributed by atoms with E-state index >= 15 is 0 Å². The Morgan fingerprint density at radius 1 is 1.40 bits per heavy atom. The van der Waals surface area contributed by atoms with E-state index in [2.05, 4.69) is 44.5 Å². The number of rotatable bonds is 3. The van der Waals surface area contributed by atoms with Gasteiger partial charge in [0.25, 0.3) is 0 Å². The standard InChI is InChI=1S/C12H26N2O/c1-10(2)6-14-11(8-15)7-13(5)9-12(14,3)4/h10-11,15H,6-9H2,1-5H3. The second kappa shape index (κ2) is 4.81. The van der Waals surface area contributed by atoms with Crippen molar-refractivity contribution in [3.8, 4) is 0 Å². The molecule has 3 nitrogen and oxygen atoms in total. The molecule has 0 saturated carbocycles. The van der Waals surface area contributed by atoms with Crippen LogP contribution in [0.15, 0.2) is 0 Å². The Labute approximate surface area is 94.1 Å². The lowest BCUT2D eigenvalue weighted by Gasteiger charge is -2.51. The fourth-order valence-corrected chi connectivity index (χ4v) is 2.71. The largest absolute Gasteiger partial charge is 0.395 e. The van der Waals surface area contributed by atoms with Crippen molar-refractivity contribution in [2.75, 3.05) is 33.3 Å². The van der Waals surface area contributed by atoms with Crippen molar-refractivity contribution >= 4 is 0 Å². The maximum absolute atomic E-state index is 9.46. The van der Waals surface area contributed by atoms with Crippen molar-refractivity contribution in [3.05, 3.63) is 0 Å². The van der Waals surface area contributed by atoms with Crippen LogP contribution < -0.4 is 0 Å². The van der Waals surface area contributed by atoms with Gasteiger partial charge in [0.1, 0.15) is 0 Å². The van der Waals surface area contributed by atoms with Crippen LogP contribution in [-0.4, -0.2) is 59.8 Å². The second-order valence-corrected chi connectivity index (χ2v) is 5.89. The van der Waals surface area contributed by atoms with Gasteiger partial charge in [-0.3, -0.25) is 4.90 Å². The molecule has 90 valence electrons. The van der Waals surface area contributed by atoms with Crippen LogP contribution >= 0.6 is 0 Å². The molecule has 0 aromatic heterocycles. The highest BCUT2D eigenvalue weighted by Crippen LogP contribution is 2.25. The number of nitrogens with zero attached hydrogens (tertiary/aromatic N) is 2. The zero-order valence-corrected chi connectivity index (χ0v) is 10.8. The van der Waals surface area contributed by atoms with E-state index in [4.69, 9.17) is 0 Å². The van der Waals surface area contributed by atoms with Crippen molar-refractivity contribution < 1.29 is 5.11 Å². The molecule has 3 heteroatoms. The van der Waals surface area contributed by atoms with Gasteiger partial charge in [-0.15, -0.1) is 0 Å². The Kier molecular flexibility index (Phi) is 4.15. The van der Waals surface area contributed by atoms with Gasteiger partial charge in [0, 0.05) is 31.2 Å². The molecule has 0 radical (unpaired) electrons. The number of piperazine rings is 1. The molecule has 1 aliphatic heterocycles. The van der Waals surface area contributed by atoms with Crippen molar-refractivity contribution in [1.29, 1.82) is 0 Å². The van der Waals surface area contributed by atoms with E-state index in [1.165, 1.54) is 0 Å². The molecule has 1 unspecified atom stereocenters. The summed E-state index contributed by atoms with van der Waals surface area (Å²) in [5, 5.41) is 9.46. The van der Waals surface area contributed by atoms with Crippen molar-refractivity contribution in [3.63, 3.8) is 0 Å². The molecular formula is C12H26N2O. The van der Waals surface area contributed by atoms with Gasteiger partial charge in [0.2, 0.25) is 0 Å². The van der Waals surface area contributed by atoms with Gasteiger partial charge in [-0.25, -0.2) is 0 Å². The molecule has 1 N–H and O–H groups in total.